The van der Waals surface area contributed by atoms with Gasteiger partial charge in [0.2, 0.25) is 5.76 Å². The lowest BCUT2D eigenvalue weighted by Gasteiger charge is -2.11. The maximum Gasteiger partial charge on any atom is 0.379 e. The fourth-order valence-corrected chi connectivity index (χ4v) is 3.83. The second-order valence-electron chi connectivity index (χ2n) is 8.19. The summed E-state index contributed by atoms with van der Waals surface area (Å²) in [4.78, 5) is 30.5. The van der Waals surface area contributed by atoms with E-state index in [2.05, 4.69) is 5.10 Å². The van der Waals surface area contributed by atoms with Gasteiger partial charge in [-0.2, -0.15) is 9.78 Å². The number of benzene rings is 3. The zero-order valence-corrected chi connectivity index (χ0v) is 20.3. The standard InChI is InChI=1S/C29H23N3O5/c1-3-35-26-17-20(13-14-24(26)37-29(34)25-12-7-15-36-25)18-30-32-27(21-9-6-8-19(2)16-21)31-23-11-5-4-10-22(23)28(32)33/h4-18H,3H2,1-2H3. The third-order valence-electron chi connectivity index (χ3n) is 5.54. The summed E-state index contributed by atoms with van der Waals surface area (Å²) in [5.74, 6) is 0.473. The number of carbonyl (C=O) groups excluding carboxylic acids is 1. The Morgan fingerprint density at radius 2 is 1.89 bits per heavy atom. The molecule has 0 saturated heterocycles. The third kappa shape index (κ3) is 5.04. The number of carbonyl (C=O) groups is 1. The predicted molar refractivity (Wildman–Crippen MR) is 140 cm³/mol. The monoisotopic (exact) mass is 493 g/mol. The summed E-state index contributed by atoms with van der Waals surface area (Å²) >= 11 is 0. The summed E-state index contributed by atoms with van der Waals surface area (Å²) < 4.78 is 17.5. The summed E-state index contributed by atoms with van der Waals surface area (Å²) in [6.45, 7) is 4.16. The van der Waals surface area contributed by atoms with Crippen molar-refractivity contribution in [2.24, 2.45) is 5.10 Å². The van der Waals surface area contributed by atoms with Crippen LogP contribution in [-0.2, 0) is 0 Å². The van der Waals surface area contributed by atoms with Crippen molar-refractivity contribution in [1.29, 1.82) is 0 Å². The molecule has 8 heteroatoms. The highest BCUT2D eigenvalue weighted by Gasteiger charge is 2.16. The van der Waals surface area contributed by atoms with Gasteiger partial charge in [0.25, 0.3) is 5.56 Å². The van der Waals surface area contributed by atoms with E-state index in [1.807, 2.05) is 44.2 Å². The van der Waals surface area contributed by atoms with Crippen molar-refractivity contribution in [2.45, 2.75) is 13.8 Å². The van der Waals surface area contributed by atoms with E-state index in [4.69, 9.17) is 18.9 Å². The number of furan rings is 1. The van der Waals surface area contributed by atoms with E-state index in [0.717, 1.165) is 11.1 Å². The Balaban J connectivity index is 1.54. The Morgan fingerprint density at radius 3 is 2.68 bits per heavy atom. The fraction of sp³-hybridized carbons (Fsp3) is 0.103. The molecule has 2 heterocycles. The first-order chi connectivity index (χ1) is 18.0. The minimum Gasteiger partial charge on any atom is -0.490 e. The van der Waals surface area contributed by atoms with Crippen LogP contribution in [0.25, 0.3) is 22.3 Å². The molecule has 0 radical (unpaired) electrons. The highest BCUT2D eigenvalue weighted by molar-refractivity contribution is 5.89. The van der Waals surface area contributed by atoms with E-state index in [-0.39, 0.29) is 17.1 Å². The second-order valence-corrected chi connectivity index (χ2v) is 8.19. The predicted octanol–water partition coefficient (Wildman–Crippen LogP) is 5.47. The molecule has 0 aliphatic heterocycles. The molecular weight excluding hydrogens is 470 g/mol. The molecule has 0 saturated carbocycles. The van der Waals surface area contributed by atoms with Crippen LogP contribution >= 0.6 is 0 Å². The molecule has 0 spiro atoms. The van der Waals surface area contributed by atoms with Gasteiger partial charge in [-0.05, 0) is 67.9 Å². The number of aryl methyl sites for hydroxylation is 1. The smallest absolute Gasteiger partial charge is 0.379 e. The van der Waals surface area contributed by atoms with Gasteiger partial charge in [-0.1, -0.05) is 35.9 Å². The van der Waals surface area contributed by atoms with Gasteiger partial charge in [-0.3, -0.25) is 4.79 Å². The van der Waals surface area contributed by atoms with E-state index in [1.165, 1.54) is 23.2 Å². The molecule has 0 aliphatic carbocycles. The van der Waals surface area contributed by atoms with Crippen LogP contribution in [0.5, 0.6) is 11.5 Å². The number of ether oxygens (including phenoxy) is 2. The number of hydrogen-bond acceptors (Lipinski definition) is 7. The SMILES string of the molecule is CCOc1cc(C=Nn2c(-c3cccc(C)c3)nc3ccccc3c2=O)ccc1OC(=O)c1ccco1. The van der Waals surface area contributed by atoms with Gasteiger partial charge < -0.3 is 13.9 Å². The van der Waals surface area contributed by atoms with Crippen molar-refractivity contribution in [3.05, 3.63) is 112 Å². The number of aromatic nitrogens is 2. The Hall–Kier alpha value is -4.98. The summed E-state index contributed by atoms with van der Waals surface area (Å²) in [7, 11) is 0. The number of fused-ring (bicyclic) bond motifs is 1. The van der Waals surface area contributed by atoms with Crippen LogP contribution in [0.3, 0.4) is 0 Å². The molecule has 0 aliphatic rings. The summed E-state index contributed by atoms with van der Waals surface area (Å²) in [5.41, 5.74) is 2.76. The number of nitrogens with zero attached hydrogens (tertiary/aromatic N) is 3. The molecule has 0 bridgehead atoms. The zero-order valence-electron chi connectivity index (χ0n) is 20.3. The molecule has 3 aromatic carbocycles. The van der Waals surface area contributed by atoms with E-state index in [0.29, 0.717) is 34.6 Å². The minimum atomic E-state index is -0.635. The molecule has 184 valence electrons. The van der Waals surface area contributed by atoms with Crippen LogP contribution in [0.15, 0.2) is 99.4 Å². The summed E-state index contributed by atoms with van der Waals surface area (Å²) in [5, 5.41) is 4.97. The number of hydrogen-bond donors (Lipinski definition) is 0. The maximum atomic E-state index is 13.4. The quantitative estimate of drug-likeness (QED) is 0.170. The van der Waals surface area contributed by atoms with Crippen LogP contribution in [0.4, 0.5) is 0 Å². The Kier molecular flexibility index (Phi) is 6.63. The molecule has 0 unspecified atom stereocenters. The first-order valence-electron chi connectivity index (χ1n) is 11.7. The highest BCUT2D eigenvalue weighted by atomic mass is 16.6. The molecular formula is C29H23N3O5. The van der Waals surface area contributed by atoms with Crippen molar-refractivity contribution in [3.8, 4) is 22.9 Å². The van der Waals surface area contributed by atoms with E-state index >= 15 is 0 Å². The topological polar surface area (TPSA) is 95.9 Å². The first-order valence-corrected chi connectivity index (χ1v) is 11.7. The van der Waals surface area contributed by atoms with Crippen molar-refractivity contribution in [3.63, 3.8) is 0 Å². The normalized spacial score (nSPS) is 11.2. The molecule has 0 atom stereocenters. The molecule has 8 nitrogen and oxygen atoms in total. The van der Waals surface area contributed by atoms with Crippen molar-refractivity contribution < 1.29 is 18.7 Å². The lowest BCUT2D eigenvalue weighted by atomic mass is 10.1. The Labute approximate surface area is 212 Å². The molecule has 0 amide bonds. The van der Waals surface area contributed by atoms with Gasteiger partial charge in [0.05, 0.1) is 30.0 Å². The minimum absolute atomic E-state index is 0.0833. The molecule has 2 aromatic heterocycles. The molecule has 0 N–H and O–H groups in total. The van der Waals surface area contributed by atoms with E-state index in [9.17, 15) is 9.59 Å². The zero-order chi connectivity index (χ0) is 25.8. The van der Waals surface area contributed by atoms with Crippen molar-refractivity contribution in [1.82, 2.24) is 9.66 Å². The number of esters is 1. The van der Waals surface area contributed by atoms with Crippen LogP contribution in [0.2, 0.25) is 0 Å². The fourth-order valence-electron chi connectivity index (χ4n) is 3.83. The van der Waals surface area contributed by atoms with Gasteiger partial charge in [0.1, 0.15) is 0 Å². The summed E-state index contributed by atoms with van der Waals surface area (Å²) in [6.07, 6.45) is 2.94. The van der Waals surface area contributed by atoms with Crippen LogP contribution < -0.4 is 15.0 Å². The Morgan fingerprint density at radius 1 is 1.03 bits per heavy atom. The van der Waals surface area contributed by atoms with Gasteiger partial charge in [0, 0.05) is 5.56 Å². The highest BCUT2D eigenvalue weighted by Crippen LogP contribution is 2.29. The molecule has 0 fully saturated rings. The van der Waals surface area contributed by atoms with Gasteiger partial charge in [-0.25, -0.2) is 9.78 Å². The van der Waals surface area contributed by atoms with Crippen LogP contribution in [0, 0.1) is 6.92 Å². The average molecular weight is 494 g/mol. The molecule has 5 aromatic rings. The Bertz CT molecular complexity index is 1670. The second kappa shape index (κ2) is 10.3. The lowest BCUT2D eigenvalue weighted by molar-refractivity contribution is 0.0695. The van der Waals surface area contributed by atoms with Crippen molar-refractivity contribution in [2.75, 3.05) is 6.61 Å². The van der Waals surface area contributed by atoms with E-state index in [1.54, 1.807) is 42.5 Å². The molecule has 5 rings (SSSR count). The van der Waals surface area contributed by atoms with E-state index < -0.39 is 5.97 Å². The van der Waals surface area contributed by atoms with Crippen LogP contribution in [-0.4, -0.2) is 28.5 Å². The van der Waals surface area contributed by atoms with Gasteiger partial charge in [0.15, 0.2) is 17.3 Å². The largest absolute Gasteiger partial charge is 0.490 e. The third-order valence-corrected chi connectivity index (χ3v) is 5.54. The summed E-state index contributed by atoms with van der Waals surface area (Å²) in [6, 6.07) is 23.0. The van der Waals surface area contributed by atoms with Crippen molar-refractivity contribution >= 4 is 23.1 Å². The maximum absolute atomic E-state index is 13.4. The van der Waals surface area contributed by atoms with Gasteiger partial charge in [-0.15, -0.1) is 0 Å². The average Bonchev–Trinajstić information content (AvgIpc) is 3.45. The number of para-hydroxylation sites is 1. The first kappa shape index (κ1) is 23.7. The molecule has 37 heavy (non-hydrogen) atoms. The van der Waals surface area contributed by atoms with Gasteiger partial charge >= 0.3 is 5.97 Å². The lowest BCUT2D eigenvalue weighted by Crippen LogP contribution is -2.20. The van der Waals surface area contributed by atoms with Crippen LogP contribution in [0.1, 0.15) is 28.6 Å². The number of rotatable bonds is 7.